The number of carbonyl (C=O) groups is 1. The van der Waals surface area contributed by atoms with Crippen LogP contribution in [0.5, 0.6) is 0 Å². The predicted molar refractivity (Wildman–Crippen MR) is 88.7 cm³/mol. The van der Waals surface area contributed by atoms with E-state index in [9.17, 15) is 4.79 Å². The van der Waals surface area contributed by atoms with Crippen molar-refractivity contribution in [2.24, 2.45) is 0 Å². The van der Waals surface area contributed by atoms with Crippen LogP contribution in [-0.4, -0.2) is 28.2 Å². The summed E-state index contributed by atoms with van der Waals surface area (Å²) in [6.45, 7) is 6.42. The summed E-state index contributed by atoms with van der Waals surface area (Å²) < 4.78 is 4.53. The van der Waals surface area contributed by atoms with E-state index in [0.29, 0.717) is 0 Å². The van der Waals surface area contributed by atoms with Crippen molar-refractivity contribution in [1.29, 1.82) is 0 Å². The Morgan fingerprint density at radius 1 is 1.24 bits per heavy atom. The number of fused-ring (bicyclic) bond motifs is 1. The van der Waals surface area contributed by atoms with Gasteiger partial charge in [0.1, 0.15) is 6.29 Å². The number of piperidine rings is 1. The molecule has 0 amide bonds. The number of hydrogen-bond acceptors (Lipinski definition) is 3. The average molecular weight is 302 g/mol. The molecule has 3 nitrogen and oxygen atoms in total. The minimum absolute atomic E-state index is 0.109. The molecule has 1 atom stereocenters. The third-order valence-corrected chi connectivity index (χ3v) is 5.28. The molecule has 0 aliphatic carbocycles. The van der Waals surface area contributed by atoms with Crippen molar-refractivity contribution in [3.63, 3.8) is 0 Å². The fourth-order valence-corrected chi connectivity index (χ4v) is 4.01. The van der Waals surface area contributed by atoms with Gasteiger partial charge in [-0.3, -0.25) is 0 Å². The van der Waals surface area contributed by atoms with Crippen molar-refractivity contribution in [3.8, 4) is 0 Å². The van der Waals surface area contributed by atoms with Gasteiger partial charge < -0.3 is 9.36 Å². The first-order valence-electron chi connectivity index (χ1n) is 7.68. The maximum Gasteiger partial charge on any atom is 0.142 e. The number of nitrogens with zero attached hydrogens (tertiary/aromatic N) is 2. The number of aldehydes is 1. The van der Waals surface area contributed by atoms with Crippen LogP contribution in [0.2, 0.25) is 0 Å². The van der Waals surface area contributed by atoms with Gasteiger partial charge in [0, 0.05) is 35.1 Å². The topological polar surface area (TPSA) is 25.2 Å². The molecule has 1 aliphatic rings. The van der Waals surface area contributed by atoms with Gasteiger partial charge in [-0.25, -0.2) is 4.31 Å². The summed E-state index contributed by atoms with van der Waals surface area (Å²) in [6.07, 6.45) is 7.05. The lowest BCUT2D eigenvalue weighted by atomic mass is 10.2. The van der Waals surface area contributed by atoms with Gasteiger partial charge in [0.15, 0.2) is 0 Å². The van der Waals surface area contributed by atoms with Crippen molar-refractivity contribution < 1.29 is 4.79 Å². The second kappa shape index (κ2) is 6.24. The van der Waals surface area contributed by atoms with E-state index in [1.165, 1.54) is 48.2 Å². The molecule has 1 aromatic carbocycles. The maximum absolute atomic E-state index is 11.1. The van der Waals surface area contributed by atoms with Crippen LogP contribution in [-0.2, 0) is 4.79 Å². The molecule has 1 unspecified atom stereocenters. The van der Waals surface area contributed by atoms with E-state index >= 15 is 0 Å². The van der Waals surface area contributed by atoms with Gasteiger partial charge in [0.05, 0.1) is 6.04 Å². The first-order chi connectivity index (χ1) is 10.2. The van der Waals surface area contributed by atoms with Gasteiger partial charge in [-0.15, -0.1) is 0 Å². The lowest BCUT2D eigenvalue weighted by molar-refractivity contribution is -0.110. The monoisotopic (exact) mass is 302 g/mol. The van der Waals surface area contributed by atoms with Gasteiger partial charge in [0.25, 0.3) is 0 Å². The highest BCUT2D eigenvalue weighted by Crippen LogP contribution is 2.31. The Morgan fingerprint density at radius 2 is 2.00 bits per heavy atom. The first-order valence-corrected chi connectivity index (χ1v) is 8.46. The standard InChI is InChI=1S/C17H22N2OS/c1-13-11-19(14(2)12-20)17-7-6-15(10-16(13)17)21-18-8-4-3-5-9-18/h6-7,10-12,14H,3-5,8-9H2,1-2H3. The lowest BCUT2D eigenvalue weighted by Crippen LogP contribution is -2.22. The molecule has 3 rings (SSSR count). The third kappa shape index (κ3) is 3.01. The van der Waals surface area contributed by atoms with Crippen LogP contribution in [0.1, 0.15) is 37.8 Å². The molecule has 0 N–H and O–H groups in total. The molecule has 1 aliphatic heterocycles. The van der Waals surface area contributed by atoms with E-state index in [2.05, 4.69) is 40.2 Å². The Kier molecular flexibility index (Phi) is 4.36. The maximum atomic E-state index is 11.1. The normalized spacial score (nSPS) is 18.0. The SMILES string of the molecule is Cc1cn(C(C)C=O)c2ccc(SN3CCCCC3)cc12. The summed E-state index contributed by atoms with van der Waals surface area (Å²) in [4.78, 5) is 12.4. The summed E-state index contributed by atoms with van der Waals surface area (Å²) in [5.41, 5.74) is 2.38. The molecule has 0 spiro atoms. The predicted octanol–water partition coefficient (Wildman–Crippen LogP) is 4.20. The second-order valence-corrected chi connectivity index (χ2v) is 7.03. The van der Waals surface area contributed by atoms with Crippen LogP contribution in [0.15, 0.2) is 29.3 Å². The van der Waals surface area contributed by atoms with Gasteiger partial charge in [-0.2, -0.15) is 0 Å². The van der Waals surface area contributed by atoms with E-state index in [0.717, 1.165) is 11.8 Å². The number of aryl methyl sites for hydroxylation is 1. The first kappa shape index (κ1) is 14.7. The molecule has 112 valence electrons. The molecule has 1 aromatic heterocycles. The number of hydrogen-bond donors (Lipinski definition) is 0. The Morgan fingerprint density at radius 3 is 2.71 bits per heavy atom. The van der Waals surface area contributed by atoms with E-state index < -0.39 is 0 Å². The third-order valence-electron chi connectivity index (χ3n) is 4.19. The zero-order valence-corrected chi connectivity index (χ0v) is 13.5. The summed E-state index contributed by atoms with van der Waals surface area (Å²) >= 11 is 1.87. The largest absolute Gasteiger partial charge is 0.337 e. The van der Waals surface area contributed by atoms with Gasteiger partial charge in [0.2, 0.25) is 0 Å². The molecule has 0 radical (unpaired) electrons. The fourth-order valence-electron chi connectivity index (χ4n) is 2.97. The zero-order chi connectivity index (χ0) is 14.8. The number of carbonyl (C=O) groups excluding carboxylic acids is 1. The highest BCUT2D eigenvalue weighted by Gasteiger charge is 2.14. The van der Waals surface area contributed by atoms with Crippen molar-refractivity contribution >= 4 is 29.1 Å². The molecule has 0 bridgehead atoms. The summed E-state index contributed by atoms with van der Waals surface area (Å²) in [5, 5.41) is 1.26. The Balaban J connectivity index is 1.89. The Bertz CT molecular complexity index is 644. The Hall–Kier alpha value is -1.26. The molecule has 2 aromatic rings. The molecular formula is C17H22N2OS. The van der Waals surface area contributed by atoms with Crippen LogP contribution >= 0.6 is 11.9 Å². The molecule has 1 fully saturated rings. The van der Waals surface area contributed by atoms with Crippen LogP contribution < -0.4 is 0 Å². The molecule has 2 heterocycles. The minimum Gasteiger partial charge on any atom is -0.337 e. The average Bonchev–Trinajstić information content (AvgIpc) is 2.84. The molecule has 1 saturated heterocycles. The van der Waals surface area contributed by atoms with E-state index in [1.54, 1.807) is 0 Å². The summed E-state index contributed by atoms with van der Waals surface area (Å²) in [5.74, 6) is 0. The zero-order valence-electron chi connectivity index (χ0n) is 12.7. The van der Waals surface area contributed by atoms with Gasteiger partial charge >= 0.3 is 0 Å². The van der Waals surface area contributed by atoms with Crippen LogP contribution in [0.25, 0.3) is 10.9 Å². The van der Waals surface area contributed by atoms with Crippen LogP contribution in [0.3, 0.4) is 0 Å². The number of aromatic nitrogens is 1. The molecule has 0 saturated carbocycles. The van der Waals surface area contributed by atoms with Crippen molar-refractivity contribution in [1.82, 2.24) is 8.87 Å². The van der Waals surface area contributed by atoms with E-state index in [1.807, 2.05) is 18.9 Å². The van der Waals surface area contributed by atoms with Crippen LogP contribution in [0, 0.1) is 6.92 Å². The van der Waals surface area contributed by atoms with E-state index in [4.69, 9.17) is 0 Å². The fraction of sp³-hybridized carbons (Fsp3) is 0.471. The molecular weight excluding hydrogens is 280 g/mol. The summed E-state index contributed by atoms with van der Waals surface area (Å²) in [6, 6.07) is 6.48. The van der Waals surface area contributed by atoms with Crippen molar-refractivity contribution in [2.45, 2.75) is 44.0 Å². The smallest absolute Gasteiger partial charge is 0.142 e. The van der Waals surface area contributed by atoms with Crippen molar-refractivity contribution in [2.75, 3.05) is 13.1 Å². The van der Waals surface area contributed by atoms with E-state index in [-0.39, 0.29) is 6.04 Å². The van der Waals surface area contributed by atoms with Crippen LogP contribution in [0.4, 0.5) is 0 Å². The highest BCUT2D eigenvalue weighted by atomic mass is 32.2. The van der Waals surface area contributed by atoms with Gasteiger partial charge in [-0.05, 0) is 62.4 Å². The Labute approximate surface area is 130 Å². The number of benzene rings is 1. The molecule has 21 heavy (non-hydrogen) atoms. The molecule has 4 heteroatoms. The number of rotatable bonds is 4. The summed E-state index contributed by atoms with van der Waals surface area (Å²) in [7, 11) is 0. The van der Waals surface area contributed by atoms with Crippen molar-refractivity contribution in [3.05, 3.63) is 30.0 Å². The minimum atomic E-state index is -0.109. The second-order valence-electron chi connectivity index (χ2n) is 5.86. The highest BCUT2D eigenvalue weighted by molar-refractivity contribution is 7.97. The lowest BCUT2D eigenvalue weighted by Gasteiger charge is -2.25. The quantitative estimate of drug-likeness (QED) is 0.625. The van der Waals surface area contributed by atoms with Gasteiger partial charge in [-0.1, -0.05) is 6.42 Å².